The predicted molar refractivity (Wildman–Crippen MR) is 118 cm³/mol. The van der Waals surface area contributed by atoms with Gasteiger partial charge < -0.3 is 10.6 Å². The molecule has 1 heterocycles. The fourth-order valence-corrected chi connectivity index (χ4v) is 4.01. The lowest BCUT2D eigenvalue weighted by atomic mass is 10.0. The minimum absolute atomic E-state index is 0.0244. The van der Waals surface area contributed by atoms with Crippen molar-refractivity contribution in [2.24, 2.45) is 5.73 Å². The second-order valence-corrected chi connectivity index (χ2v) is 7.68. The number of pyridine rings is 1. The van der Waals surface area contributed by atoms with Gasteiger partial charge in [-0.05, 0) is 29.8 Å². The van der Waals surface area contributed by atoms with E-state index in [2.05, 4.69) is 4.98 Å². The van der Waals surface area contributed by atoms with Crippen LogP contribution in [0.5, 0.6) is 0 Å². The van der Waals surface area contributed by atoms with Crippen LogP contribution in [0.1, 0.15) is 27.7 Å². The van der Waals surface area contributed by atoms with Crippen LogP contribution in [0.25, 0.3) is 0 Å². The lowest BCUT2D eigenvalue weighted by Gasteiger charge is -2.28. The Balaban J connectivity index is 1.82. The van der Waals surface area contributed by atoms with Crippen LogP contribution in [0, 0.1) is 10.1 Å². The van der Waals surface area contributed by atoms with E-state index in [-0.39, 0.29) is 27.8 Å². The second-order valence-electron chi connectivity index (χ2n) is 6.67. The van der Waals surface area contributed by atoms with Gasteiger partial charge in [0.2, 0.25) is 11.8 Å². The van der Waals surface area contributed by atoms with E-state index in [1.165, 1.54) is 12.1 Å². The Bertz CT molecular complexity index is 1050. The maximum atomic E-state index is 13.0. The maximum absolute atomic E-state index is 13.0. The standard InChI is InChI=1S/C22H20N4O4S/c1-25(21(15-7-3-2-4-8-15)17-9-5-6-12-24-17)20(27)14-31-19-11-10-16(22(23)28)13-18(19)26(29)30/h2-13,21H,14H2,1H3,(H2,23,28). The van der Waals surface area contributed by atoms with Crippen molar-refractivity contribution >= 4 is 29.3 Å². The number of primary amides is 1. The molecule has 1 unspecified atom stereocenters. The molecule has 3 aromatic rings. The number of aromatic nitrogens is 1. The van der Waals surface area contributed by atoms with Crippen LogP contribution < -0.4 is 5.73 Å². The normalized spacial score (nSPS) is 11.5. The number of carbonyl (C=O) groups excluding carboxylic acids is 2. The number of hydrogen-bond acceptors (Lipinski definition) is 6. The van der Waals surface area contributed by atoms with E-state index in [0.29, 0.717) is 5.69 Å². The van der Waals surface area contributed by atoms with Gasteiger partial charge in [-0.3, -0.25) is 24.7 Å². The van der Waals surface area contributed by atoms with Crippen LogP contribution in [0.15, 0.2) is 77.8 Å². The molecule has 0 aliphatic heterocycles. The zero-order chi connectivity index (χ0) is 22.4. The number of nitrogens with zero attached hydrogens (tertiary/aromatic N) is 3. The molecule has 0 radical (unpaired) electrons. The van der Waals surface area contributed by atoms with Crippen molar-refractivity contribution in [1.29, 1.82) is 0 Å². The van der Waals surface area contributed by atoms with Crippen molar-refractivity contribution in [1.82, 2.24) is 9.88 Å². The fourth-order valence-electron chi connectivity index (χ4n) is 3.09. The third kappa shape index (κ3) is 5.26. The van der Waals surface area contributed by atoms with Crippen LogP contribution in [-0.4, -0.2) is 39.4 Å². The van der Waals surface area contributed by atoms with Crippen molar-refractivity contribution in [3.63, 3.8) is 0 Å². The molecule has 2 amide bonds. The van der Waals surface area contributed by atoms with Gasteiger partial charge in [0.1, 0.15) is 0 Å². The molecule has 0 bridgehead atoms. The van der Waals surface area contributed by atoms with Gasteiger partial charge in [0.25, 0.3) is 5.69 Å². The molecule has 1 atom stereocenters. The average molecular weight is 436 g/mol. The number of amides is 2. The first-order valence-electron chi connectivity index (χ1n) is 9.31. The highest BCUT2D eigenvalue weighted by Crippen LogP contribution is 2.32. The van der Waals surface area contributed by atoms with E-state index >= 15 is 0 Å². The van der Waals surface area contributed by atoms with E-state index in [9.17, 15) is 19.7 Å². The quantitative estimate of drug-likeness (QED) is 0.328. The fraction of sp³-hybridized carbons (Fsp3) is 0.136. The third-order valence-electron chi connectivity index (χ3n) is 4.66. The summed E-state index contributed by atoms with van der Waals surface area (Å²) in [5.74, 6) is -1.00. The van der Waals surface area contributed by atoms with Crippen LogP contribution in [0.2, 0.25) is 0 Å². The minimum Gasteiger partial charge on any atom is -0.366 e. The number of benzene rings is 2. The molecule has 2 N–H and O–H groups in total. The molecule has 0 spiro atoms. The topological polar surface area (TPSA) is 119 Å². The summed E-state index contributed by atoms with van der Waals surface area (Å²) in [4.78, 5) is 41.4. The van der Waals surface area contributed by atoms with E-state index in [0.717, 1.165) is 23.4 Å². The monoisotopic (exact) mass is 436 g/mol. The number of nitro benzene ring substituents is 1. The number of nitro groups is 1. The summed E-state index contributed by atoms with van der Waals surface area (Å²) in [6, 6.07) is 18.6. The average Bonchev–Trinajstić information content (AvgIpc) is 2.78. The van der Waals surface area contributed by atoms with E-state index in [4.69, 9.17) is 5.73 Å². The van der Waals surface area contributed by atoms with Gasteiger partial charge in [-0.2, -0.15) is 0 Å². The summed E-state index contributed by atoms with van der Waals surface area (Å²) in [6.45, 7) is 0. The molecule has 0 saturated carbocycles. The highest BCUT2D eigenvalue weighted by Gasteiger charge is 2.25. The summed E-state index contributed by atoms with van der Waals surface area (Å²) in [5.41, 5.74) is 6.60. The number of nitrogens with two attached hydrogens (primary N) is 1. The molecule has 0 aliphatic carbocycles. The maximum Gasteiger partial charge on any atom is 0.283 e. The highest BCUT2D eigenvalue weighted by atomic mass is 32.2. The molecule has 158 valence electrons. The lowest BCUT2D eigenvalue weighted by molar-refractivity contribution is -0.387. The zero-order valence-corrected chi connectivity index (χ0v) is 17.5. The third-order valence-corrected chi connectivity index (χ3v) is 5.70. The Morgan fingerprint density at radius 3 is 2.45 bits per heavy atom. The molecule has 2 aromatic carbocycles. The highest BCUT2D eigenvalue weighted by molar-refractivity contribution is 8.00. The molecule has 0 fully saturated rings. The van der Waals surface area contributed by atoms with E-state index in [1.54, 1.807) is 24.2 Å². The van der Waals surface area contributed by atoms with Gasteiger partial charge in [0.15, 0.2) is 0 Å². The molecule has 31 heavy (non-hydrogen) atoms. The first-order valence-corrected chi connectivity index (χ1v) is 10.3. The van der Waals surface area contributed by atoms with Crippen molar-refractivity contribution in [3.05, 3.63) is 99.9 Å². The summed E-state index contributed by atoms with van der Waals surface area (Å²) in [5, 5.41) is 11.4. The molecular formula is C22H20N4O4S. The SMILES string of the molecule is CN(C(=O)CSc1ccc(C(N)=O)cc1[N+](=O)[O-])C(c1ccccc1)c1ccccn1. The van der Waals surface area contributed by atoms with Gasteiger partial charge in [0, 0.05) is 24.9 Å². The van der Waals surface area contributed by atoms with Crippen molar-refractivity contribution < 1.29 is 14.5 Å². The van der Waals surface area contributed by atoms with Crippen LogP contribution in [0.3, 0.4) is 0 Å². The Labute approximate surface area is 183 Å². The Hall–Kier alpha value is -3.72. The lowest BCUT2D eigenvalue weighted by Crippen LogP contribution is -2.33. The number of carbonyl (C=O) groups is 2. The van der Waals surface area contributed by atoms with Gasteiger partial charge in [-0.25, -0.2) is 0 Å². The van der Waals surface area contributed by atoms with Crippen molar-refractivity contribution in [2.45, 2.75) is 10.9 Å². The Kier molecular flexibility index (Phi) is 6.99. The number of rotatable bonds is 8. The van der Waals surface area contributed by atoms with Crippen molar-refractivity contribution in [2.75, 3.05) is 12.8 Å². The molecule has 8 nitrogen and oxygen atoms in total. The van der Waals surface area contributed by atoms with Crippen LogP contribution >= 0.6 is 11.8 Å². The van der Waals surface area contributed by atoms with Crippen LogP contribution in [-0.2, 0) is 4.79 Å². The summed E-state index contributed by atoms with van der Waals surface area (Å²) < 4.78 is 0. The van der Waals surface area contributed by atoms with Gasteiger partial charge >= 0.3 is 0 Å². The first kappa shape index (κ1) is 22.0. The molecule has 0 aliphatic rings. The number of hydrogen-bond donors (Lipinski definition) is 1. The largest absolute Gasteiger partial charge is 0.366 e. The Morgan fingerprint density at radius 1 is 1.13 bits per heavy atom. The number of thioether (sulfide) groups is 1. The van der Waals surface area contributed by atoms with Crippen molar-refractivity contribution in [3.8, 4) is 0 Å². The first-order chi connectivity index (χ1) is 14.9. The smallest absolute Gasteiger partial charge is 0.283 e. The molecule has 9 heteroatoms. The van der Waals surface area contributed by atoms with Gasteiger partial charge in [0.05, 0.1) is 27.3 Å². The molecule has 1 aromatic heterocycles. The predicted octanol–water partition coefficient (Wildman–Crippen LogP) is 3.43. The summed E-state index contributed by atoms with van der Waals surface area (Å²) >= 11 is 1.03. The van der Waals surface area contributed by atoms with Gasteiger partial charge in [-0.1, -0.05) is 36.4 Å². The molecule has 3 rings (SSSR count). The van der Waals surface area contributed by atoms with E-state index in [1.807, 2.05) is 42.5 Å². The summed E-state index contributed by atoms with van der Waals surface area (Å²) in [6.07, 6.45) is 1.67. The van der Waals surface area contributed by atoms with Crippen LogP contribution in [0.4, 0.5) is 5.69 Å². The zero-order valence-electron chi connectivity index (χ0n) is 16.7. The van der Waals surface area contributed by atoms with E-state index < -0.39 is 16.9 Å². The molecule has 0 saturated heterocycles. The second kappa shape index (κ2) is 9.86. The van der Waals surface area contributed by atoms with Gasteiger partial charge in [-0.15, -0.1) is 11.8 Å². The molecular weight excluding hydrogens is 416 g/mol. The summed E-state index contributed by atoms with van der Waals surface area (Å²) in [7, 11) is 1.68. The minimum atomic E-state index is -0.753. The Morgan fingerprint density at radius 2 is 1.84 bits per heavy atom.